The van der Waals surface area contributed by atoms with E-state index in [0.29, 0.717) is 22.5 Å². The highest BCUT2D eigenvalue weighted by atomic mass is 79.9. The normalized spacial score (nSPS) is 11.3. The van der Waals surface area contributed by atoms with Crippen molar-refractivity contribution in [3.63, 3.8) is 0 Å². The van der Waals surface area contributed by atoms with E-state index in [1.165, 1.54) is 16.9 Å². The van der Waals surface area contributed by atoms with Crippen LogP contribution in [-0.2, 0) is 6.54 Å². The minimum absolute atomic E-state index is 0.0634. The first-order chi connectivity index (χ1) is 13.5. The van der Waals surface area contributed by atoms with Gasteiger partial charge >= 0.3 is 0 Å². The molecule has 0 spiro atoms. The first-order valence-corrected chi connectivity index (χ1v) is 11.3. The monoisotopic (exact) mass is 471 g/mol. The number of fused-ring (bicyclic) bond motifs is 1. The molecule has 0 saturated carbocycles. The fourth-order valence-electron chi connectivity index (χ4n) is 2.98. The zero-order valence-electron chi connectivity index (χ0n) is 15.4. The Morgan fingerprint density at radius 1 is 1.11 bits per heavy atom. The zero-order valence-corrected chi connectivity index (χ0v) is 18.6. The number of carbonyl (C=O) groups excluding carboxylic acids is 1. The van der Waals surface area contributed by atoms with Crippen molar-refractivity contribution in [2.75, 3.05) is 4.90 Å². The number of carbonyl (C=O) groups is 1. The summed E-state index contributed by atoms with van der Waals surface area (Å²) in [5.41, 5.74) is 3.00. The summed E-state index contributed by atoms with van der Waals surface area (Å²) in [7, 11) is 0. The Kier molecular flexibility index (Phi) is 5.57. The molecule has 0 radical (unpaired) electrons. The van der Waals surface area contributed by atoms with Gasteiger partial charge in [-0.25, -0.2) is 4.98 Å². The van der Waals surface area contributed by atoms with Gasteiger partial charge in [-0.2, -0.15) is 0 Å². The van der Waals surface area contributed by atoms with Crippen molar-refractivity contribution in [1.82, 2.24) is 9.97 Å². The molecule has 3 aromatic heterocycles. The van der Waals surface area contributed by atoms with Gasteiger partial charge < -0.3 is 0 Å². The molecule has 0 N–H and O–H groups in total. The molecule has 142 valence electrons. The van der Waals surface area contributed by atoms with Gasteiger partial charge in [-0.1, -0.05) is 43.4 Å². The van der Waals surface area contributed by atoms with Crippen LogP contribution in [0, 0.1) is 0 Å². The number of rotatable bonds is 5. The van der Waals surface area contributed by atoms with Crippen LogP contribution < -0.4 is 4.90 Å². The maximum atomic E-state index is 13.3. The number of benzene rings is 1. The smallest absolute Gasteiger partial charge is 0.270 e. The predicted octanol–water partition coefficient (Wildman–Crippen LogP) is 6.49. The van der Waals surface area contributed by atoms with E-state index in [0.717, 1.165) is 19.7 Å². The standard InChI is InChI=1S/C21H18BrN3OS2/c1-13(2)15-7-5-8-16-19(15)24-21(28-16)25(12-14-6-3-4-11-23-14)20(26)17-9-10-18(22)27-17/h3-11,13H,12H2,1-2H3. The van der Waals surface area contributed by atoms with Crippen LogP contribution in [0.3, 0.4) is 0 Å². The van der Waals surface area contributed by atoms with Crippen LogP contribution in [-0.4, -0.2) is 15.9 Å². The van der Waals surface area contributed by atoms with Crippen molar-refractivity contribution in [2.24, 2.45) is 0 Å². The minimum atomic E-state index is -0.0634. The third-order valence-corrected chi connectivity index (χ3v) is 7.02. The molecule has 0 fully saturated rings. The second-order valence-corrected chi connectivity index (χ2v) is 10.1. The lowest BCUT2D eigenvalue weighted by Crippen LogP contribution is -2.30. The molecule has 1 aromatic carbocycles. The Labute approximate surface area is 180 Å². The summed E-state index contributed by atoms with van der Waals surface area (Å²) in [6.45, 7) is 4.70. The number of thiazole rings is 1. The van der Waals surface area contributed by atoms with Crippen LogP contribution in [0.5, 0.6) is 0 Å². The molecule has 28 heavy (non-hydrogen) atoms. The number of thiophene rings is 1. The molecular formula is C21H18BrN3OS2. The molecular weight excluding hydrogens is 454 g/mol. The van der Waals surface area contributed by atoms with Crippen LogP contribution in [0.2, 0.25) is 0 Å². The summed E-state index contributed by atoms with van der Waals surface area (Å²) >= 11 is 6.42. The number of halogens is 1. The van der Waals surface area contributed by atoms with Crippen molar-refractivity contribution >= 4 is 59.9 Å². The quantitative estimate of drug-likeness (QED) is 0.334. The van der Waals surface area contributed by atoms with Gasteiger partial charge in [0.15, 0.2) is 5.13 Å². The topological polar surface area (TPSA) is 46.1 Å². The van der Waals surface area contributed by atoms with E-state index in [1.807, 2.05) is 30.3 Å². The van der Waals surface area contributed by atoms with E-state index in [1.54, 1.807) is 22.4 Å². The number of para-hydroxylation sites is 1. The maximum absolute atomic E-state index is 13.3. The van der Waals surface area contributed by atoms with E-state index in [-0.39, 0.29) is 5.91 Å². The molecule has 0 atom stereocenters. The van der Waals surface area contributed by atoms with E-state index in [9.17, 15) is 4.79 Å². The zero-order chi connectivity index (χ0) is 19.7. The lowest BCUT2D eigenvalue weighted by atomic mass is 10.0. The number of pyridine rings is 1. The lowest BCUT2D eigenvalue weighted by Gasteiger charge is -2.18. The molecule has 4 nitrogen and oxygen atoms in total. The number of aromatic nitrogens is 2. The highest BCUT2D eigenvalue weighted by Crippen LogP contribution is 2.35. The largest absolute Gasteiger partial charge is 0.277 e. The van der Waals surface area contributed by atoms with Crippen molar-refractivity contribution in [1.29, 1.82) is 0 Å². The average Bonchev–Trinajstić information content (AvgIpc) is 3.32. The van der Waals surface area contributed by atoms with E-state index in [4.69, 9.17) is 4.98 Å². The summed E-state index contributed by atoms with van der Waals surface area (Å²) in [6.07, 6.45) is 1.74. The highest BCUT2D eigenvalue weighted by molar-refractivity contribution is 9.11. The third kappa shape index (κ3) is 3.87. The molecule has 4 aromatic rings. The lowest BCUT2D eigenvalue weighted by molar-refractivity contribution is 0.0988. The minimum Gasteiger partial charge on any atom is -0.277 e. The molecule has 0 bridgehead atoms. The molecule has 0 aliphatic rings. The number of hydrogen-bond donors (Lipinski definition) is 0. The second kappa shape index (κ2) is 8.11. The van der Waals surface area contributed by atoms with E-state index in [2.05, 4.69) is 53.0 Å². The Bertz CT molecular complexity index is 1120. The van der Waals surface area contributed by atoms with Gasteiger partial charge in [-0.15, -0.1) is 11.3 Å². The molecule has 0 saturated heterocycles. The van der Waals surface area contributed by atoms with Crippen LogP contribution >= 0.6 is 38.6 Å². The van der Waals surface area contributed by atoms with Crippen molar-refractivity contribution in [3.8, 4) is 0 Å². The molecule has 3 heterocycles. The fraction of sp³-hybridized carbons (Fsp3) is 0.190. The third-order valence-electron chi connectivity index (χ3n) is 4.37. The predicted molar refractivity (Wildman–Crippen MR) is 120 cm³/mol. The van der Waals surface area contributed by atoms with Gasteiger partial charge in [0.05, 0.1) is 31.1 Å². The van der Waals surface area contributed by atoms with Crippen molar-refractivity contribution in [2.45, 2.75) is 26.3 Å². The molecule has 0 unspecified atom stereocenters. The second-order valence-electron chi connectivity index (χ2n) is 6.66. The van der Waals surface area contributed by atoms with Gasteiger partial charge in [0.2, 0.25) is 0 Å². The van der Waals surface area contributed by atoms with Crippen LogP contribution in [0.4, 0.5) is 5.13 Å². The highest BCUT2D eigenvalue weighted by Gasteiger charge is 2.24. The van der Waals surface area contributed by atoms with Gasteiger partial charge in [-0.05, 0) is 57.7 Å². The van der Waals surface area contributed by atoms with Gasteiger partial charge in [-0.3, -0.25) is 14.7 Å². The SMILES string of the molecule is CC(C)c1cccc2sc(N(Cc3ccccn3)C(=O)c3ccc(Br)s3)nc12. The summed E-state index contributed by atoms with van der Waals surface area (Å²) in [6, 6.07) is 15.7. The average molecular weight is 472 g/mol. The van der Waals surface area contributed by atoms with Crippen LogP contribution in [0.25, 0.3) is 10.2 Å². The number of anilines is 1. The first kappa shape index (κ1) is 19.2. The molecule has 4 rings (SSSR count). The molecule has 0 aliphatic heterocycles. The molecule has 0 aliphatic carbocycles. The molecule has 1 amide bonds. The van der Waals surface area contributed by atoms with Crippen molar-refractivity contribution < 1.29 is 4.79 Å². The number of amides is 1. The van der Waals surface area contributed by atoms with Crippen molar-refractivity contribution in [3.05, 3.63) is 74.6 Å². The number of nitrogens with zero attached hydrogens (tertiary/aromatic N) is 3. The van der Waals surface area contributed by atoms with Gasteiger partial charge in [0.25, 0.3) is 5.91 Å². The maximum Gasteiger partial charge on any atom is 0.270 e. The number of hydrogen-bond acceptors (Lipinski definition) is 5. The first-order valence-electron chi connectivity index (χ1n) is 8.89. The Hall–Kier alpha value is -2.09. The summed E-state index contributed by atoms with van der Waals surface area (Å²) in [5, 5.41) is 0.697. The fourth-order valence-corrected chi connectivity index (χ4v) is 5.31. The molecule has 7 heteroatoms. The Morgan fingerprint density at radius 3 is 2.64 bits per heavy atom. The van der Waals surface area contributed by atoms with Crippen LogP contribution in [0.15, 0.2) is 58.5 Å². The summed E-state index contributed by atoms with van der Waals surface area (Å²) < 4.78 is 2.02. The Balaban J connectivity index is 1.79. The van der Waals surface area contributed by atoms with Crippen LogP contribution in [0.1, 0.15) is 40.7 Å². The Morgan fingerprint density at radius 2 is 1.96 bits per heavy atom. The van der Waals surface area contributed by atoms with E-state index >= 15 is 0 Å². The van der Waals surface area contributed by atoms with Gasteiger partial charge in [0.1, 0.15) is 0 Å². The summed E-state index contributed by atoms with van der Waals surface area (Å²) in [4.78, 5) is 25.0. The van der Waals surface area contributed by atoms with Gasteiger partial charge in [0, 0.05) is 6.20 Å². The summed E-state index contributed by atoms with van der Waals surface area (Å²) in [5.74, 6) is 0.304. The van der Waals surface area contributed by atoms with E-state index < -0.39 is 0 Å².